The van der Waals surface area contributed by atoms with Crippen LogP contribution in [0.1, 0.15) is 36.8 Å². The Morgan fingerprint density at radius 1 is 1.00 bits per heavy atom. The van der Waals surface area contributed by atoms with E-state index in [-0.39, 0.29) is 28.4 Å². The van der Waals surface area contributed by atoms with Gasteiger partial charge in [-0.1, -0.05) is 12.1 Å². The zero-order valence-corrected chi connectivity index (χ0v) is 17.6. The van der Waals surface area contributed by atoms with Crippen LogP contribution in [0.25, 0.3) is 0 Å². The molecule has 2 aromatic carbocycles. The van der Waals surface area contributed by atoms with Gasteiger partial charge in [0.05, 0.1) is 29.7 Å². The zero-order valence-electron chi connectivity index (χ0n) is 16.8. The third kappa shape index (κ3) is 3.95. The van der Waals surface area contributed by atoms with E-state index in [4.69, 9.17) is 0 Å². The maximum absolute atomic E-state index is 12.7. The van der Waals surface area contributed by atoms with E-state index in [1.807, 2.05) is 0 Å². The minimum atomic E-state index is -3.88. The molecule has 0 atom stereocenters. The Balaban J connectivity index is 1.47. The van der Waals surface area contributed by atoms with Crippen LogP contribution in [0.3, 0.4) is 0 Å². The highest BCUT2D eigenvalue weighted by atomic mass is 32.2. The van der Waals surface area contributed by atoms with E-state index in [0.29, 0.717) is 11.1 Å². The highest BCUT2D eigenvalue weighted by Gasteiger charge is 2.36. The largest absolute Gasteiger partial charge is 0.465 e. The van der Waals surface area contributed by atoms with Crippen LogP contribution in [0.5, 0.6) is 0 Å². The number of aromatic nitrogens is 1. The number of carbonyl (C=O) groups is 3. The Kier molecular flexibility index (Phi) is 5.45. The van der Waals surface area contributed by atoms with Crippen molar-refractivity contribution in [2.24, 2.45) is 0 Å². The van der Waals surface area contributed by atoms with Gasteiger partial charge in [-0.05, 0) is 54.1 Å². The number of pyridine rings is 1. The third-order valence-corrected chi connectivity index (χ3v) is 6.26. The van der Waals surface area contributed by atoms with Crippen LogP contribution in [0.15, 0.2) is 71.8 Å². The summed E-state index contributed by atoms with van der Waals surface area (Å²) in [5.74, 6) is -1.45. The molecular formula is C22H17N3O6S. The first-order valence-electron chi connectivity index (χ1n) is 9.41. The van der Waals surface area contributed by atoms with E-state index >= 15 is 0 Å². The van der Waals surface area contributed by atoms with Gasteiger partial charge in [-0.2, -0.15) is 0 Å². The molecule has 1 N–H and O–H groups in total. The number of hydrogen-bond acceptors (Lipinski definition) is 7. The molecule has 0 radical (unpaired) electrons. The van der Waals surface area contributed by atoms with E-state index in [9.17, 15) is 22.8 Å². The summed E-state index contributed by atoms with van der Waals surface area (Å²) in [5.41, 5.74) is 1.52. The number of anilines is 1. The molecule has 32 heavy (non-hydrogen) atoms. The molecule has 2 amide bonds. The average molecular weight is 451 g/mol. The van der Waals surface area contributed by atoms with Crippen molar-refractivity contribution in [1.29, 1.82) is 0 Å². The van der Waals surface area contributed by atoms with E-state index in [1.54, 1.807) is 12.1 Å². The van der Waals surface area contributed by atoms with Crippen molar-refractivity contribution in [2.75, 3.05) is 11.8 Å². The van der Waals surface area contributed by atoms with Crippen LogP contribution in [0.2, 0.25) is 0 Å². The number of hydrogen-bond donors (Lipinski definition) is 1. The summed E-state index contributed by atoms with van der Waals surface area (Å²) in [5, 5.41) is 0. The highest BCUT2D eigenvalue weighted by molar-refractivity contribution is 7.92. The van der Waals surface area contributed by atoms with Crippen molar-refractivity contribution in [2.45, 2.75) is 11.4 Å². The molecule has 9 nitrogen and oxygen atoms in total. The number of fused-ring (bicyclic) bond motifs is 1. The van der Waals surface area contributed by atoms with Crippen LogP contribution in [0.4, 0.5) is 5.69 Å². The maximum atomic E-state index is 12.7. The molecule has 0 spiro atoms. The van der Waals surface area contributed by atoms with Crippen LogP contribution in [-0.2, 0) is 21.3 Å². The molecule has 0 saturated carbocycles. The van der Waals surface area contributed by atoms with Crippen LogP contribution >= 0.6 is 0 Å². The van der Waals surface area contributed by atoms with Gasteiger partial charge in [0.15, 0.2) is 0 Å². The maximum Gasteiger partial charge on any atom is 0.337 e. The second-order valence-corrected chi connectivity index (χ2v) is 8.60. The molecule has 0 unspecified atom stereocenters. The number of benzene rings is 2. The number of sulfonamides is 1. The van der Waals surface area contributed by atoms with Gasteiger partial charge < -0.3 is 4.74 Å². The summed E-state index contributed by atoms with van der Waals surface area (Å²) in [6, 6.07) is 14.8. The number of methoxy groups -OCH3 is 1. The number of nitrogens with one attached hydrogen (secondary N) is 1. The van der Waals surface area contributed by atoms with Gasteiger partial charge in [-0.15, -0.1) is 0 Å². The van der Waals surface area contributed by atoms with E-state index < -0.39 is 27.8 Å². The number of esters is 1. The summed E-state index contributed by atoms with van der Waals surface area (Å²) in [7, 11) is -2.63. The lowest BCUT2D eigenvalue weighted by Gasteiger charge is -2.14. The topological polar surface area (TPSA) is 123 Å². The molecule has 10 heteroatoms. The molecule has 0 bridgehead atoms. The lowest BCUT2D eigenvalue weighted by atomic mass is 10.2. The minimum Gasteiger partial charge on any atom is -0.465 e. The quantitative estimate of drug-likeness (QED) is 0.451. The SMILES string of the molecule is COC(=O)c1ccc(NS(=O)(=O)c2ccc(CN3C(=O)c4cccnc4C3=O)cc2)cc1. The summed E-state index contributed by atoms with van der Waals surface area (Å²) < 4.78 is 32.4. The zero-order chi connectivity index (χ0) is 22.9. The molecule has 0 aliphatic carbocycles. The fraction of sp³-hybridized carbons (Fsp3) is 0.0909. The molecule has 3 aromatic rings. The minimum absolute atomic E-state index is 0.00215. The second kappa shape index (κ2) is 8.23. The molecule has 0 saturated heterocycles. The van der Waals surface area contributed by atoms with Crippen molar-refractivity contribution < 1.29 is 27.5 Å². The molecule has 2 heterocycles. The first-order chi connectivity index (χ1) is 15.3. The van der Waals surface area contributed by atoms with E-state index in [0.717, 1.165) is 4.90 Å². The summed E-state index contributed by atoms with van der Waals surface area (Å²) >= 11 is 0. The Hall–Kier alpha value is -4.05. The van der Waals surface area contributed by atoms with Gasteiger partial charge in [-0.3, -0.25) is 24.2 Å². The highest BCUT2D eigenvalue weighted by Crippen LogP contribution is 2.23. The fourth-order valence-electron chi connectivity index (χ4n) is 3.22. The summed E-state index contributed by atoms with van der Waals surface area (Å²) in [6.45, 7) is -0.00320. The Morgan fingerprint density at radius 2 is 1.69 bits per heavy atom. The molecular weight excluding hydrogens is 434 g/mol. The number of rotatable bonds is 6. The number of ether oxygens (including phenoxy) is 1. The number of carbonyl (C=O) groups excluding carboxylic acids is 3. The Labute approximate surface area is 183 Å². The van der Waals surface area contributed by atoms with Crippen molar-refractivity contribution >= 4 is 33.5 Å². The van der Waals surface area contributed by atoms with Gasteiger partial charge >= 0.3 is 5.97 Å². The van der Waals surface area contributed by atoms with E-state index in [2.05, 4.69) is 14.4 Å². The predicted octanol–water partition coefficient (Wildman–Crippen LogP) is 2.47. The normalized spacial score (nSPS) is 13.1. The smallest absolute Gasteiger partial charge is 0.337 e. The van der Waals surface area contributed by atoms with Crippen LogP contribution in [0, 0.1) is 0 Å². The monoisotopic (exact) mass is 451 g/mol. The molecule has 1 aliphatic heterocycles. The Bertz CT molecular complexity index is 1280. The van der Waals surface area contributed by atoms with Crippen molar-refractivity contribution in [3.05, 3.63) is 89.2 Å². The molecule has 162 valence electrons. The summed E-state index contributed by atoms with van der Waals surface area (Å²) in [4.78, 5) is 41.4. The first-order valence-corrected chi connectivity index (χ1v) is 10.9. The lowest BCUT2D eigenvalue weighted by Crippen LogP contribution is -2.29. The molecule has 4 rings (SSSR count). The van der Waals surface area contributed by atoms with Crippen molar-refractivity contribution in [3.8, 4) is 0 Å². The molecule has 0 fully saturated rings. The number of imide groups is 1. The second-order valence-electron chi connectivity index (χ2n) is 6.91. The molecule has 1 aromatic heterocycles. The fourth-order valence-corrected chi connectivity index (χ4v) is 4.28. The van der Waals surface area contributed by atoms with Gasteiger partial charge in [0.25, 0.3) is 21.8 Å². The van der Waals surface area contributed by atoms with Gasteiger partial charge in [0, 0.05) is 11.9 Å². The van der Waals surface area contributed by atoms with Gasteiger partial charge in [0.2, 0.25) is 0 Å². The van der Waals surface area contributed by atoms with Gasteiger partial charge in [0.1, 0.15) is 5.69 Å². The van der Waals surface area contributed by atoms with Crippen molar-refractivity contribution in [3.63, 3.8) is 0 Å². The summed E-state index contributed by atoms with van der Waals surface area (Å²) in [6.07, 6.45) is 1.45. The van der Waals surface area contributed by atoms with Crippen LogP contribution in [-0.4, -0.2) is 43.2 Å². The molecule has 1 aliphatic rings. The first kappa shape index (κ1) is 21.2. The number of nitrogens with zero attached hydrogens (tertiary/aromatic N) is 2. The average Bonchev–Trinajstić information content (AvgIpc) is 3.04. The Morgan fingerprint density at radius 3 is 2.31 bits per heavy atom. The van der Waals surface area contributed by atoms with Gasteiger partial charge in [-0.25, -0.2) is 13.2 Å². The van der Waals surface area contributed by atoms with Crippen LogP contribution < -0.4 is 4.72 Å². The van der Waals surface area contributed by atoms with E-state index in [1.165, 1.54) is 61.8 Å². The predicted molar refractivity (Wildman–Crippen MR) is 113 cm³/mol. The number of amides is 2. The lowest BCUT2D eigenvalue weighted by molar-refractivity contribution is 0.0597. The van der Waals surface area contributed by atoms with Crippen molar-refractivity contribution in [1.82, 2.24) is 9.88 Å². The standard InChI is InChI=1S/C22H17N3O6S/c1-31-22(28)15-6-8-16(9-7-15)24-32(29,30)17-10-4-14(5-11-17)13-25-20(26)18-3-2-12-23-19(18)21(25)27/h2-12,24H,13H2,1H3. The third-order valence-electron chi connectivity index (χ3n) is 4.86.